The van der Waals surface area contributed by atoms with E-state index in [9.17, 15) is 14.4 Å². The Kier molecular flexibility index (Phi) is 4.05. The molecule has 0 bridgehead atoms. The number of para-hydroxylation sites is 2. The molecule has 2 fully saturated rings. The lowest BCUT2D eigenvalue weighted by Gasteiger charge is -2.35. The van der Waals surface area contributed by atoms with E-state index in [1.807, 2.05) is 18.2 Å². The smallest absolute Gasteiger partial charge is 0.315 e. The summed E-state index contributed by atoms with van der Waals surface area (Å²) in [6, 6.07) is 6.32. The van der Waals surface area contributed by atoms with E-state index in [0.29, 0.717) is 24.5 Å². The molecule has 2 saturated heterocycles. The van der Waals surface area contributed by atoms with Crippen LogP contribution >= 0.6 is 0 Å². The van der Waals surface area contributed by atoms with Crippen LogP contribution in [0.5, 0.6) is 5.75 Å². The minimum absolute atomic E-state index is 0.0107. The van der Waals surface area contributed by atoms with Crippen LogP contribution in [-0.4, -0.2) is 62.1 Å². The molecule has 122 valence electrons. The molecule has 0 aliphatic carbocycles. The maximum atomic E-state index is 12.4. The zero-order chi connectivity index (χ0) is 16.4. The fourth-order valence-electron chi connectivity index (χ4n) is 2.79. The third kappa shape index (κ3) is 2.92. The van der Waals surface area contributed by atoms with E-state index in [1.165, 1.54) is 4.90 Å². The van der Waals surface area contributed by atoms with Crippen molar-refractivity contribution in [2.24, 2.45) is 0 Å². The van der Waals surface area contributed by atoms with Crippen molar-refractivity contribution in [1.29, 1.82) is 0 Å². The van der Waals surface area contributed by atoms with Gasteiger partial charge in [-0.1, -0.05) is 12.1 Å². The summed E-state index contributed by atoms with van der Waals surface area (Å²) < 4.78 is 5.28. The van der Waals surface area contributed by atoms with Gasteiger partial charge in [0, 0.05) is 19.6 Å². The van der Waals surface area contributed by atoms with Gasteiger partial charge in [0.2, 0.25) is 11.8 Å². The van der Waals surface area contributed by atoms with Crippen molar-refractivity contribution in [3.05, 3.63) is 24.3 Å². The summed E-state index contributed by atoms with van der Waals surface area (Å²) in [6.45, 7) is 1.04. The molecule has 0 spiro atoms. The zero-order valence-electron chi connectivity index (χ0n) is 12.7. The Bertz CT molecular complexity index is 648. The van der Waals surface area contributed by atoms with Gasteiger partial charge in [-0.3, -0.25) is 9.59 Å². The first kappa shape index (κ1) is 15.1. The molecule has 2 aliphatic heterocycles. The molecule has 4 amide bonds. The number of ether oxygens (including phenoxy) is 1. The standard InChI is InChI=1S/C15H18N4O4/c1-23-12-5-3-2-4-11(12)19-7-6-18(9-13(19)20)14(21)10-8-16-15(22)17-10/h2-5,10H,6-9H2,1H3,(H2,16,17,22)/t10-/m0/s1. The van der Waals surface area contributed by atoms with Gasteiger partial charge in [0.1, 0.15) is 18.3 Å². The molecule has 1 aromatic rings. The molecule has 8 heteroatoms. The summed E-state index contributed by atoms with van der Waals surface area (Å²) >= 11 is 0. The maximum absolute atomic E-state index is 12.4. The normalized spacial score (nSPS) is 21.0. The molecule has 2 N–H and O–H groups in total. The van der Waals surface area contributed by atoms with Gasteiger partial charge in [-0.05, 0) is 12.1 Å². The highest BCUT2D eigenvalue weighted by atomic mass is 16.5. The van der Waals surface area contributed by atoms with Gasteiger partial charge in [0.15, 0.2) is 0 Å². The van der Waals surface area contributed by atoms with Crippen LogP contribution in [0.3, 0.4) is 0 Å². The first-order chi connectivity index (χ1) is 11.1. The zero-order valence-corrected chi connectivity index (χ0v) is 12.7. The Morgan fingerprint density at radius 2 is 2.04 bits per heavy atom. The average Bonchev–Trinajstić information content (AvgIpc) is 3.00. The quantitative estimate of drug-likeness (QED) is 0.790. The van der Waals surface area contributed by atoms with E-state index in [-0.39, 0.29) is 30.9 Å². The highest BCUT2D eigenvalue weighted by Crippen LogP contribution is 2.28. The van der Waals surface area contributed by atoms with E-state index >= 15 is 0 Å². The number of hydrogen-bond donors (Lipinski definition) is 2. The number of benzene rings is 1. The molecular weight excluding hydrogens is 300 g/mol. The highest BCUT2D eigenvalue weighted by molar-refractivity contribution is 6.00. The Labute approximate surface area is 133 Å². The largest absolute Gasteiger partial charge is 0.495 e. The summed E-state index contributed by atoms with van der Waals surface area (Å²) in [4.78, 5) is 39.0. The Hall–Kier alpha value is -2.77. The van der Waals surface area contributed by atoms with Crippen LogP contribution in [0.2, 0.25) is 0 Å². The van der Waals surface area contributed by atoms with Crippen molar-refractivity contribution < 1.29 is 19.1 Å². The van der Waals surface area contributed by atoms with Crippen LogP contribution in [-0.2, 0) is 9.59 Å². The molecule has 23 heavy (non-hydrogen) atoms. The van der Waals surface area contributed by atoms with Gasteiger partial charge < -0.3 is 25.2 Å². The summed E-state index contributed by atoms with van der Waals surface area (Å²) in [6.07, 6.45) is 0. The van der Waals surface area contributed by atoms with E-state index in [4.69, 9.17) is 4.74 Å². The van der Waals surface area contributed by atoms with Gasteiger partial charge in [-0.2, -0.15) is 0 Å². The third-order valence-electron chi connectivity index (χ3n) is 3.98. The Balaban J connectivity index is 1.69. The van der Waals surface area contributed by atoms with Crippen LogP contribution in [0.4, 0.5) is 10.5 Å². The minimum atomic E-state index is -0.604. The number of carbonyl (C=O) groups is 3. The van der Waals surface area contributed by atoms with Crippen molar-refractivity contribution in [2.75, 3.05) is 38.2 Å². The molecule has 3 rings (SSSR count). The number of hydrogen-bond acceptors (Lipinski definition) is 4. The maximum Gasteiger partial charge on any atom is 0.315 e. The number of amides is 4. The summed E-state index contributed by atoms with van der Waals surface area (Å²) in [5.74, 6) is 0.204. The van der Waals surface area contributed by atoms with Gasteiger partial charge in [-0.15, -0.1) is 0 Å². The van der Waals surface area contributed by atoms with Crippen LogP contribution in [0.1, 0.15) is 0 Å². The van der Waals surface area contributed by atoms with Crippen molar-refractivity contribution in [3.8, 4) is 5.75 Å². The molecule has 1 atom stereocenters. The minimum Gasteiger partial charge on any atom is -0.495 e. The number of nitrogens with one attached hydrogen (secondary N) is 2. The monoisotopic (exact) mass is 318 g/mol. The Morgan fingerprint density at radius 3 is 2.70 bits per heavy atom. The lowest BCUT2D eigenvalue weighted by atomic mass is 10.2. The predicted octanol–water partition coefficient (Wildman–Crippen LogP) is -0.448. The second kappa shape index (κ2) is 6.15. The first-order valence-corrected chi connectivity index (χ1v) is 7.36. The van der Waals surface area contributed by atoms with Gasteiger partial charge in [0.25, 0.3) is 0 Å². The third-order valence-corrected chi connectivity index (χ3v) is 3.98. The molecule has 1 aromatic carbocycles. The molecule has 2 aliphatic rings. The fraction of sp³-hybridized carbons (Fsp3) is 0.400. The van der Waals surface area contributed by atoms with Crippen LogP contribution in [0.15, 0.2) is 24.3 Å². The summed E-state index contributed by atoms with van der Waals surface area (Å²) in [5.41, 5.74) is 0.697. The molecule has 0 aromatic heterocycles. The van der Waals surface area contributed by atoms with Gasteiger partial charge in [0.05, 0.1) is 12.8 Å². The topological polar surface area (TPSA) is 91.0 Å². The number of anilines is 1. The van der Waals surface area contributed by atoms with Crippen molar-refractivity contribution >= 4 is 23.5 Å². The molecule has 0 unspecified atom stereocenters. The fourth-order valence-corrected chi connectivity index (χ4v) is 2.79. The predicted molar refractivity (Wildman–Crippen MR) is 82.2 cm³/mol. The molecule has 2 heterocycles. The second-order valence-electron chi connectivity index (χ2n) is 5.38. The van der Waals surface area contributed by atoms with E-state index < -0.39 is 6.04 Å². The number of nitrogens with zero attached hydrogens (tertiary/aromatic N) is 2. The molecule has 0 saturated carbocycles. The van der Waals surface area contributed by atoms with Crippen molar-refractivity contribution in [1.82, 2.24) is 15.5 Å². The van der Waals surface area contributed by atoms with Crippen LogP contribution < -0.4 is 20.3 Å². The average molecular weight is 318 g/mol. The lowest BCUT2D eigenvalue weighted by molar-refractivity contribution is -0.138. The lowest BCUT2D eigenvalue weighted by Crippen LogP contribution is -2.56. The van der Waals surface area contributed by atoms with E-state index in [0.717, 1.165) is 0 Å². The molecular formula is C15H18N4O4. The second-order valence-corrected chi connectivity index (χ2v) is 5.38. The summed E-state index contributed by atoms with van der Waals surface area (Å²) in [7, 11) is 1.55. The highest BCUT2D eigenvalue weighted by Gasteiger charge is 2.35. The van der Waals surface area contributed by atoms with Crippen molar-refractivity contribution in [2.45, 2.75) is 6.04 Å². The summed E-state index contributed by atoms with van der Waals surface area (Å²) in [5, 5.41) is 5.08. The van der Waals surface area contributed by atoms with Gasteiger partial charge >= 0.3 is 6.03 Å². The van der Waals surface area contributed by atoms with E-state index in [2.05, 4.69) is 10.6 Å². The number of urea groups is 1. The molecule has 8 nitrogen and oxygen atoms in total. The number of methoxy groups -OCH3 is 1. The van der Waals surface area contributed by atoms with Crippen LogP contribution in [0.25, 0.3) is 0 Å². The number of piperazine rings is 1. The SMILES string of the molecule is COc1ccccc1N1CCN(C(=O)[C@@H]2CNC(=O)N2)CC1=O. The number of carbonyl (C=O) groups excluding carboxylic acids is 3. The molecule has 0 radical (unpaired) electrons. The first-order valence-electron chi connectivity index (χ1n) is 7.36. The number of rotatable bonds is 3. The van der Waals surface area contributed by atoms with Crippen LogP contribution in [0, 0.1) is 0 Å². The Morgan fingerprint density at radius 1 is 1.26 bits per heavy atom. The van der Waals surface area contributed by atoms with Crippen molar-refractivity contribution in [3.63, 3.8) is 0 Å². The van der Waals surface area contributed by atoms with Gasteiger partial charge in [-0.25, -0.2) is 4.79 Å². The van der Waals surface area contributed by atoms with E-state index in [1.54, 1.807) is 18.1 Å².